The van der Waals surface area contributed by atoms with Crippen molar-refractivity contribution in [3.63, 3.8) is 0 Å². The second kappa shape index (κ2) is 8.98. The Morgan fingerprint density at radius 3 is 2.57 bits per heavy atom. The van der Waals surface area contributed by atoms with E-state index in [0.29, 0.717) is 11.4 Å². The van der Waals surface area contributed by atoms with Crippen LogP contribution in [0.2, 0.25) is 0 Å². The molecule has 2 rings (SSSR count). The highest BCUT2D eigenvalue weighted by molar-refractivity contribution is 6.03. The Hall–Kier alpha value is -3.42. The Morgan fingerprint density at radius 1 is 1.14 bits per heavy atom. The van der Waals surface area contributed by atoms with Crippen LogP contribution in [0.5, 0.6) is 11.6 Å². The van der Waals surface area contributed by atoms with Crippen LogP contribution in [0.1, 0.15) is 31.3 Å². The Balaban J connectivity index is 2.09. The molecule has 1 heterocycles. The average Bonchev–Trinajstić information content (AvgIpc) is 2.58. The molecule has 0 saturated carbocycles. The third kappa shape index (κ3) is 7.06. The summed E-state index contributed by atoms with van der Waals surface area (Å²) in [5.74, 6) is 0.391. The maximum absolute atomic E-state index is 12.1. The van der Waals surface area contributed by atoms with E-state index in [1.807, 2.05) is 14.1 Å². The van der Waals surface area contributed by atoms with Gasteiger partial charge < -0.3 is 14.4 Å². The van der Waals surface area contributed by atoms with E-state index in [1.165, 1.54) is 18.5 Å². The number of nitrogens with zero attached hydrogens (tertiary/aromatic N) is 3. The molecule has 28 heavy (non-hydrogen) atoms. The van der Waals surface area contributed by atoms with Gasteiger partial charge in [0.2, 0.25) is 11.7 Å². The standard InChI is InChI=1S/C20H24N4O4/c1-20(2,3)28-19(26)23-14-7-6-8-15(11-14)27-18-12-16(21-13-22-18)17(25)9-10-24(4)5/h6-13H,1-5H3,(H,23,26)/b10-9+. The zero-order chi connectivity index (χ0) is 20.7. The number of aromatic nitrogens is 2. The lowest BCUT2D eigenvalue weighted by atomic mass is 10.2. The minimum Gasteiger partial charge on any atom is -0.444 e. The quantitative estimate of drug-likeness (QED) is 0.597. The van der Waals surface area contributed by atoms with Crippen LogP contribution in [0.15, 0.2) is 48.9 Å². The number of amides is 1. The first kappa shape index (κ1) is 20.9. The maximum atomic E-state index is 12.1. The van der Waals surface area contributed by atoms with Crippen molar-refractivity contribution in [2.75, 3.05) is 19.4 Å². The molecule has 2 aromatic rings. The molecule has 0 spiro atoms. The van der Waals surface area contributed by atoms with Gasteiger partial charge in [-0.1, -0.05) is 6.07 Å². The third-order valence-corrected chi connectivity index (χ3v) is 3.12. The number of rotatable bonds is 6. The molecule has 0 aliphatic rings. The van der Waals surface area contributed by atoms with Gasteiger partial charge in [-0.25, -0.2) is 14.8 Å². The van der Waals surface area contributed by atoms with E-state index in [9.17, 15) is 9.59 Å². The van der Waals surface area contributed by atoms with Crippen LogP contribution < -0.4 is 10.1 Å². The fourth-order valence-corrected chi connectivity index (χ4v) is 2.01. The van der Waals surface area contributed by atoms with Crippen molar-refractivity contribution in [1.29, 1.82) is 0 Å². The van der Waals surface area contributed by atoms with Crippen molar-refractivity contribution in [1.82, 2.24) is 14.9 Å². The number of hydrogen-bond acceptors (Lipinski definition) is 7. The normalized spacial score (nSPS) is 11.2. The van der Waals surface area contributed by atoms with E-state index in [-0.39, 0.29) is 17.4 Å². The summed E-state index contributed by atoms with van der Waals surface area (Å²) in [4.78, 5) is 33.7. The van der Waals surface area contributed by atoms with Gasteiger partial charge in [0, 0.05) is 44.2 Å². The lowest BCUT2D eigenvalue weighted by Crippen LogP contribution is -2.27. The summed E-state index contributed by atoms with van der Waals surface area (Å²) in [6.45, 7) is 5.36. The third-order valence-electron chi connectivity index (χ3n) is 3.12. The van der Waals surface area contributed by atoms with Crippen molar-refractivity contribution < 1.29 is 19.1 Å². The topological polar surface area (TPSA) is 93.7 Å². The van der Waals surface area contributed by atoms with Gasteiger partial charge >= 0.3 is 6.09 Å². The first-order valence-corrected chi connectivity index (χ1v) is 8.61. The van der Waals surface area contributed by atoms with Gasteiger partial charge in [-0.15, -0.1) is 0 Å². The molecule has 8 heteroatoms. The number of ether oxygens (including phenoxy) is 2. The summed E-state index contributed by atoms with van der Waals surface area (Å²) in [7, 11) is 3.63. The molecular weight excluding hydrogens is 360 g/mol. The Labute approximate surface area is 164 Å². The summed E-state index contributed by atoms with van der Waals surface area (Å²) in [6.07, 6.45) is 3.75. The summed E-state index contributed by atoms with van der Waals surface area (Å²) in [6, 6.07) is 8.21. The molecule has 0 aliphatic heterocycles. The van der Waals surface area contributed by atoms with Crippen molar-refractivity contribution in [3.8, 4) is 11.6 Å². The van der Waals surface area contributed by atoms with Gasteiger partial charge in [0.1, 0.15) is 23.4 Å². The van der Waals surface area contributed by atoms with Gasteiger partial charge in [0.25, 0.3) is 0 Å². The molecule has 1 N–H and O–H groups in total. The van der Waals surface area contributed by atoms with E-state index >= 15 is 0 Å². The van der Waals surface area contributed by atoms with E-state index in [4.69, 9.17) is 9.47 Å². The molecule has 8 nitrogen and oxygen atoms in total. The SMILES string of the molecule is CN(C)/C=C/C(=O)c1cc(Oc2cccc(NC(=O)OC(C)(C)C)c2)ncn1. The number of anilines is 1. The van der Waals surface area contributed by atoms with E-state index in [2.05, 4.69) is 15.3 Å². The predicted molar refractivity (Wildman–Crippen MR) is 106 cm³/mol. The zero-order valence-electron chi connectivity index (χ0n) is 16.6. The van der Waals surface area contributed by atoms with Crippen LogP contribution in [0.25, 0.3) is 0 Å². The molecule has 0 unspecified atom stereocenters. The van der Waals surface area contributed by atoms with Gasteiger partial charge in [0.15, 0.2) is 0 Å². The Morgan fingerprint density at radius 2 is 1.89 bits per heavy atom. The van der Waals surface area contributed by atoms with Gasteiger partial charge in [-0.3, -0.25) is 10.1 Å². The van der Waals surface area contributed by atoms with E-state index in [0.717, 1.165) is 0 Å². The molecule has 0 atom stereocenters. The van der Waals surface area contributed by atoms with E-state index in [1.54, 1.807) is 56.1 Å². The summed E-state index contributed by atoms with van der Waals surface area (Å²) < 4.78 is 10.9. The number of carbonyl (C=O) groups is 2. The maximum Gasteiger partial charge on any atom is 0.412 e. The molecular formula is C20H24N4O4. The van der Waals surface area contributed by atoms with Crippen molar-refractivity contribution >= 4 is 17.6 Å². The lowest BCUT2D eigenvalue weighted by Gasteiger charge is -2.19. The molecule has 0 bridgehead atoms. The van der Waals surface area contributed by atoms with Crippen molar-refractivity contribution in [3.05, 3.63) is 54.6 Å². The van der Waals surface area contributed by atoms with Gasteiger partial charge in [-0.05, 0) is 32.9 Å². The highest BCUT2D eigenvalue weighted by Gasteiger charge is 2.16. The fourth-order valence-electron chi connectivity index (χ4n) is 2.01. The molecule has 1 amide bonds. The van der Waals surface area contributed by atoms with Gasteiger partial charge in [-0.2, -0.15) is 0 Å². The van der Waals surface area contributed by atoms with Crippen molar-refractivity contribution in [2.45, 2.75) is 26.4 Å². The molecule has 1 aromatic heterocycles. The summed E-state index contributed by atoms with van der Waals surface area (Å²) >= 11 is 0. The zero-order valence-corrected chi connectivity index (χ0v) is 16.6. The number of benzene rings is 1. The van der Waals surface area contributed by atoms with Crippen molar-refractivity contribution in [2.24, 2.45) is 0 Å². The monoisotopic (exact) mass is 384 g/mol. The minimum absolute atomic E-state index is 0.214. The second-order valence-corrected chi connectivity index (χ2v) is 7.14. The smallest absolute Gasteiger partial charge is 0.412 e. The number of hydrogen-bond donors (Lipinski definition) is 1. The van der Waals surface area contributed by atoms with Crippen LogP contribution in [0.3, 0.4) is 0 Å². The summed E-state index contributed by atoms with van der Waals surface area (Å²) in [5, 5.41) is 2.64. The van der Waals surface area contributed by atoms with Gasteiger partial charge in [0.05, 0.1) is 0 Å². The molecule has 1 aromatic carbocycles. The van der Waals surface area contributed by atoms with Crippen LogP contribution in [0, 0.1) is 0 Å². The highest BCUT2D eigenvalue weighted by Crippen LogP contribution is 2.23. The lowest BCUT2D eigenvalue weighted by molar-refractivity contribution is 0.0635. The Bertz CT molecular complexity index is 873. The van der Waals surface area contributed by atoms with Crippen LogP contribution in [-0.2, 0) is 4.74 Å². The van der Waals surface area contributed by atoms with E-state index < -0.39 is 11.7 Å². The first-order valence-electron chi connectivity index (χ1n) is 8.61. The number of allylic oxidation sites excluding steroid dienone is 1. The predicted octanol–water partition coefficient (Wildman–Crippen LogP) is 3.87. The van der Waals surface area contributed by atoms with Crippen LogP contribution >= 0.6 is 0 Å². The van der Waals surface area contributed by atoms with Crippen LogP contribution in [-0.4, -0.2) is 46.4 Å². The second-order valence-electron chi connectivity index (χ2n) is 7.14. The minimum atomic E-state index is -0.594. The molecule has 0 aliphatic carbocycles. The fraction of sp³-hybridized carbons (Fsp3) is 0.300. The molecule has 0 fully saturated rings. The number of ketones is 1. The summed E-state index contributed by atoms with van der Waals surface area (Å²) in [5.41, 5.74) is 0.125. The largest absolute Gasteiger partial charge is 0.444 e. The molecule has 0 saturated heterocycles. The Kier molecular flexibility index (Phi) is 6.70. The molecule has 0 radical (unpaired) electrons. The number of carbonyl (C=O) groups excluding carboxylic acids is 2. The van der Waals surface area contributed by atoms with Crippen LogP contribution in [0.4, 0.5) is 10.5 Å². The average molecular weight is 384 g/mol. The number of nitrogens with one attached hydrogen (secondary N) is 1. The first-order chi connectivity index (χ1) is 13.1. The molecule has 148 valence electrons. The highest BCUT2D eigenvalue weighted by atomic mass is 16.6.